The molecule has 0 aliphatic rings. The molecular weight excluding hydrogens is 227 g/mol. The molecule has 0 amide bonds. The number of rotatable bonds is 3. The summed E-state index contributed by atoms with van der Waals surface area (Å²) in [5.41, 5.74) is 0. The number of hydrogen-bond acceptors (Lipinski definition) is 0. The summed E-state index contributed by atoms with van der Waals surface area (Å²) < 4.78 is 3.13. The van der Waals surface area contributed by atoms with Crippen molar-refractivity contribution in [3.63, 3.8) is 0 Å². The van der Waals surface area contributed by atoms with E-state index in [-0.39, 0.29) is 1.43 Å². The predicted octanol–water partition coefficient (Wildman–Crippen LogP) is 3.56. The molecule has 0 unspecified atom stereocenters. The van der Waals surface area contributed by atoms with E-state index in [1.165, 1.54) is 0 Å². The molecular formula is C9H23Sn-. The first kappa shape index (κ1) is 10.8. The summed E-state index contributed by atoms with van der Waals surface area (Å²) in [5.74, 6) is 0. The molecule has 0 N–H and O–H groups in total. The van der Waals surface area contributed by atoms with Gasteiger partial charge in [0.15, 0.2) is 0 Å². The Morgan fingerprint density at radius 3 is 0.900 bits per heavy atom. The Balaban J connectivity index is 0. The third kappa shape index (κ3) is 3.27. The van der Waals surface area contributed by atoms with Crippen LogP contribution in [-0.2, 0) is 0 Å². The molecule has 0 spiro atoms. The fourth-order valence-electron chi connectivity index (χ4n) is 2.31. The van der Waals surface area contributed by atoms with Gasteiger partial charge in [-0.25, -0.2) is 0 Å². The molecule has 0 heterocycles. The van der Waals surface area contributed by atoms with Gasteiger partial charge in [0.05, 0.1) is 0 Å². The Bertz CT molecular complexity index is 70.5. The third-order valence-electron chi connectivity index (χ3n) is 2.31. The van der Waals surface area contributed by atoms with Gasteiger partial charge in [0.1, 0.15) is 0 Å². The standard InChI is InChI=1S/3C3H7.Sn.2H/c3*1-3-2;;;/h3*3H,1-2H3;;;/q;;;;;-1. The monoisotopic (exact) mass is 251 g/mol. The second-order valence-electron chi connectivity index (χ2n) is 4.31. The molecule has 0 nitrogen and oxygen atoms in total. The zero-order chi connectivity index (χ0) is 8.31. The maximum atomic E-state index is 2.42. The van der Waals surface area contributed by atoms with E-state index in [2.05, 4.69) is 41.5 Å². The molecule has 0 atom stereocenters. The maximum Gasteiger partial charge on any atom is -1.00 e. The molecule has 0 rings (SSSR count). The van der Waals surface area contributed by atoms with E-state index in [0.717, 1.165) is 11.8 Å². The first-order valence-electron chi connectivity index (χ1n) is 4.46. The summed E-state index contributed by atoms with van der Waals surface area (Å²) in [6, 6.07) is 0. The van der Waals surface area contributed by atoms with Crippen LogP contribution in [0.2, 0.25) is 11.8 Å². The zero-order valence-electron chi connectivity index (χ0n) is 9.31. The van der Waals surface area contributed by atoms with Crippen LogP contribution < -0.4 is 0 Å². The van der Waals surface area contributed by atoms with E-state index in [1.54, 1.807) is 0 Å². The van der Waals surface area contributed by atoms with E-state index in [1.807, 2.05) is 0 Å². The predicted molar refractivity (Wildman–Crippen MR) is 53.6 cm³/mol. The summed E-state index contributed by atoms with van der Waals surface area (Å²) in [5, 5.41) is 0. The minimum absolute atomic E-state index is 0. The molecule has 10 heavy (non-hydrogen) atoms. The summed E-state index contributed by atoms with van der Waals surface area (Å²) in [7, 11) is 0. The SMILES string of the molecule is C[CH](C)[SnH]([CH](C)C)[CH](C)C.[H-]. The van der Waals surface area contributed by atoms with E-state index < -0.39 is 19.8 Å². The molecule has 0 fully saturated rings. The van der Waals surface area contributed by atoms with Gasteiger partial charge in [-0.05, 0) is 0 Å². The largest absolute Gasteiger partial charge is 1.00 e. The Morgan fingerprint density at radius 1 is 0.700 bits per heavy atom. The summed E-state index contributed by atoms with van der Waals surface area (Å²) >= 11 is -1.14. The fourth-order valence-corrected chi connectivity index (χ4v) is 15.5. The Labute approximate surface area is 74.6 Å². The van der Waals surface area contributed by atoms with Crippen molar-refractivity contribution in [2.45, 2.75) is 53.3 Å². The molecule has 0 saturated heterocycles. The molecule has 0 saturated carbocycles. The third-order valence-corrected chi connectivity index (χ3v) is 15.5. The Morgan fingerprint density at radius 2 is 0.900 bits per heavy atom. The second kappa shape index (κ2) is 4.63. The van der Waals surface area contributed by atoms with Crippen molar-refractivity contribution in [2.75, 3.05) is 0 Å². The Kier molecular flexibility index (Phi) is 5.00. The first-order chi connectivity index (χ1) is 4.46. The van der Waals surface area contributed by atoms with Gasteiger partial charge in [0.2, 0.25) is 0 Å². The van der Waals surface area contributed by atoms with Gasteiger partial charge in [-0.2, -0.15) is 0 Å². The van der Waals surface area contributed by atoms with Crippen LogP contribution in [-0.4, -0.2) is 19.8 Å². The van der Waals surface area contributed by atoms with E-state index in [0.29, 0.717) is 0 Å². The van der Waals surface area contributed by atoms with Gasteiger partial charge in [0.25, 0.3) is 0 Å². The van der Waals surface area contributed by atoms with Crippen LogP contribution in [0, 0.1) is 0 Å². The summed E-state index contributed by atoms with van der Waals surface area (Å²) in [4.78, 5) is 0. The van der Waals surface area contributed by atoms with Gasteiger partial charge in [-0.1, -0.05) is 0 Å². The van der Waals surface area contributed by atoms with Crippen LogP contribution in [0.3, 0.4) is 0 Å². The molecule has 0 aliphatic carbocycles. The summed E-state index contributed by atoms with van der Waals surface area (Å²) in [6.07, 6.45) is 0. The summed E-state index contributed by atoms with van der Waals surface area (Å²) in [6.45, 7) is 14.5. The minimum atomic E-state index is -1.14. The average molecular weight is 250 g/mol. The van der Waals surface area contributed by atoms with Crippen molar-refractivity contribution in [3.05, 3.63) is 0 Å². The van der Waals surface area contributed by atoms with Crippen molar-refractivity contribution < 1.29 is 1.43 Å². The molecule has 0 aliphatic heterocycles. The zero-order valence-corrected chi connectivity index (χ0v) is 11.6. The maximum absolute atomic E-state index is 2.42. The fraction of sp³-hybridized carbons (Fsp3) is 1.00. The molecule has 0 aromatic rings. The average Bonchev–Trinajstić information content (AvgIpc) is 1.59. The van der Waals surface area contributed by atoms with E-state index >= 15 is 0 Å². The Hall–Kier alpha value is 0.799. The van der Waals surface area contributed by atoms with Crippen molar-refractivity contribution in [1.29, 1.82) is 0 Å². The van der Waals surface area contributed by atoms with Crippen LogP contribution in [0.25, 0.3) is 0 Å². The smallest absolute Gasteiger partial charge is 1.00 e. The van der Waals surface area contributed by atoms with Crippen LogP contribution in [0.5, 0.6) is 0 Å². The van der Waals surface area contributed by atoms with Gasteiger partial charge in [-0.3, -0.25) is 0 Å². The van der Waals surface area contributed by atoms with Gasteiger partial charge < -0.3 is 1.43 Å². The molecule has 0 bridgehead atoms. The van der Waals surface area contributed by atoms with Crippen molar-refractivity contribution in [2.24, 2.45) is 0 Å². The molecule has 0 aromatic carbocycles. The molecule has 0 radical (unpaired) electrons. The van der Waals surface area contributed by atoms with Crippen LogP contribution in [0.1, 0.15) is 43.0 Å². The van der Waals surface area contributed by atoms with Gasteiger partial charge >= 0.3 is 73.1 Å². The van der Waals surface area contributed by atoms with Crippen LogP contribution in [0.4, 0.5) is 0 Å². The van der Waals surface area contributed by atoms with Gasteiger partial charge in [-0.15, -0.1) is 0 Å². The molecule has 0 aromatic heterocycles. The van der Waals surface area contributed by atoms with Crippen molar-refractivity contribution in [3.8, 4) is 0 Å². The molecule has 1 heteroatoms. The van der Waals surface area contributed by atoms with Crippen LogP contribution >= 0.6 is 0 Å². The van der Waals surface area contributed by atoms with Crippen LogP contribution in [0.15, 0.2) is 0 Å². The van der Waals surface area contributed by atoms with Crippen molar-refractivity contribution in [1.82, 2.24) is 0 Å². The van der Waals surface area contributed by atoms with E-state index in [4.69, 9.17) is 0 Å². The second-order valence-corrected chi connectivity index (χ2v) is 19.0. The normalized spacial score (nSPS) is 12.6. The quantitative estimate of drug-likeness (QED) is 0.672. The van der Waals surface area contributed by atoms with Gasteiger partial charge in [0, 0.05) is 0 Å². The topological polar surface area (TPSA) is 0 Å². The minimum Gasteiger partial charge on any atom is -1.00 e. The van der Waals surface area contributed by atoms with Crippen molar-refractivity contribution >= 4 is 19.8 Å². The number of hydrogen-bond donors (Lipinski definition) is 0. The molecule has 64 valence electrons. The van der Waals surface area contributed by atoms with E-state index in [9.17, 15) is 0 Å². The first-order valence-corrected chi connectivity index (χ1v) is 10.2.